The Labute approximate surface area is 126 Å². The summed E-state index contributed by atoms with van der Waals surface area (Å²) in [4.78, 5) is 0. The van der Waals surface area contributed by atoms with E-state index in [9.17, 15) is 0 Å². The second-order valence-electron chi connectivity index (χ2n) is 4.83. The van der Waals surface area contributed by atoms with Gasteiger partial charge in [0.15, 0.2) is 0 Å². The molecule has 1 unspecified atom stereocenters. The van der Waals surface area contributed by atoms with Crippen LogP contribution in [0.25, 0.3) is 0 Å². The summed E-state index contributed by atoms with van der Waals surface area (Å²) in [6, 6.07) is 17.7. The quantitative estimate of drug-likeness (QED) is 0.852. The molecule has 0 saturated carbocycles. The van der Waals surface area contributed by atoms with Crippen molar-refractivity contribution in [3.05, 3.63) is 59.7 Å². The molecule has 2 aromatic carbocycles. The van der Waals surface area contributed by atoms with Crippen LogP contribution >= 0.6 is 0 Å². The standard InChI is InChI=1S/C18H20N2O/c1-3-18(20-4-2)15-7-11-17(12-8-15)21-16-9-5-14(13-19)6-10-16/h5-12,18,20H,3-4H2,1-2H3. The average Bonchev–Trinajstić information content (AvgIpc) is 2.54. The lowest BCUT2D eigenvalue weighted by molar-refractivity contribution is 0.481. The zero-order valence-electron chi connectivity index (χ0n) is 12.5. The first-order chi connectivity index (χ1) is 10.3. The van der Waals surface area contributed by atoms with Crippen molar-refractivity contribution in [1.29, 1.82) is 5.26 Å². The molecule has 3 nitrogen and oxygen atoms in total. The number of hydrogen-bond donors (Lipinski definition) is 1. The molecule has 21 heavy (non-hydrogen) atoms. The molecule has 0 aliphatic heterocycles. The predicted octanol–water partition coefficient (Wildman–Crippen LogP) is 4.41. The van der Waals surface area contributed by atoms with Gasteiger partial charge in [0.25, 0.3) is 0 Å². The van der Waals surface area contributed by atoms with Gasteiger partial charge in [0, 0.05) is 6.04 Å². The van der Waals surface area contributed by atoms with E-state index < -0.39 is 0 Å². The van der Waals surface area contributed by atoms with Gasteiger partial charge in [-0.15, -0.1) is 0 Å². The highest BCUT2D eigenvalue weighted by Crippen LogP contribution is 2.24. The van der Waals surface area contributed by atoms with Crippen molar-refractivity contribution in [3.8, 4) is 17.6 Å². The zero-order chi connectivity index (χ0) is 15.1. The Morgan fingerprint density at radius 2 is 1.57 bits per heavy atom. The Bertz CT molecular complexity index is 597. The lowest BCUT2D eigenvalue weighted by Gasteiger charge is -2.16. The van der Waals surface area contributed by atoms with E-state index in [0.29, 0.717) is 11.6 Å². The molecule has 1 atom stereocenters. The third-order valence-electron chi connectivity index (χ3n) is 3.36. The fourth-order valence-corrected chi connectivity index (χ4v) is 2.25. The Balaban J connectivity index is 2.06. The predicted molar refractivity (Wildman–Crippen MR) is 84.4 cm³/mol. The number of ether oxygens (including phenoxy) is 1. The Morgan fingerprint density at radius 1 is 1.00 bits per heavy atom. The van der Waals surface area contributed by atoms with Crippen LogP contribution in [-0.4, -0.2) is 6.54 Å². The third kappa shape index (κ3) is 4.08. The number of benzene rings is 2. The fraction of sp³-hybridized carbons (Fsp3) is 0.278. The van der Waals surface area contributed by atoms with Crippen molar-refractivity contribution in [2.75, 3.05) is 6.54 Å². The minimum Gasteiger partial charge on any atom is -0.457 e. The topological polar surface area (TPSA) is 45.0 Å². The summed E-state index contributed by atoms with van der Waals surface area (Å²) in [5.41, 5.74) is 1.90. The minimum atomic E-state index is 0.388. The van der Waals surface area contributed by atoms with Gasteiger partial charge in [0.05, 0.1) is 11.6 Å². The van der Waals surface area contributed by atoms with Gasteiger partial charge in [-0.25, -0.2) is 0 Å². The van der Waals surface area contributed by atoms with Gasteiger partial charge >= 0.3 is 0 Å². The molecule has 3 heteroatoms. The smallest absolute Gasteiger partial charge is 0.127 e. The van der Waals surface area contributed by atoms with E-state index in [1.54, 1.807) is 24.3 Å². The largest absolute Gasteiger partial charge is 0.457 e. The first-order valence-electron chi connectivity index (χ1n) is 7.28. The molecule has 0 aliphatic carbocycles. The summed E-state index contributed by atoms with van der Waals surface area (Å²) in [6.45, 7) is 5.25. The lowest BCUT2D eigenvalue weighted by Crippen LogP contribution is -2.19. The summed E-state index contributed by atoms with van der Waals surface area (Å²) in [6.07, 6.45) is 1.06. The van der Waals surface area contributed by atoms with E-state index in [1.165, 1.54) is 5.56 Å². The molecule has 0 aliphatic rings. The van der Waals surface area contributed by atoms with Crippen LogP contribution in [0.15, 0.2) is 48.5 Å². The van der Waals surface area contributed by atoms with E-state index in [-0.39, 0.29) is 0 Å². The van der Waals surface area contributed by atoms with Crippen LogP contribution in [0.4, 0.5) is 0 Å². The van der Waals surface area contributed by atoms with Crippen molar-refractivity contribution in [2.24, 2.45) is 0 Å². The van der Waals surface area contributed by atoms with Gasteiger partial charge in [-0.1, -0.05) is 26.0 Å². The van der Waals surface area contributed by atoms with E-state index in [2.05, 4.69) is 37.4 Å². The van der Waals surface area contributed by atoms with Gasteiger partial charge < -0.3 is 10.1 Å². The highest BCUT2D eigenvalue weighted by Gasteiger charge is 2.07. The third-order valence-corrected chi connectivity index (χ3v) is 3.36. The molecule has 0 radical (unpaired) electrons. The van der Waals surface area contributed by atoms with Gasteiger partial charge in [0.1, 0.15) is 11.5 Å². The van der Waals surface area contributed by atoms with Crippen LogP contribution in [0.2, 0.25) is 0 Å². The molecule has 2 aromatic rings. The number of hydrogen-bond acceptors (Lipinski definition) is 3. The van der Waals surface area contributed by atoms with Crippen molar-refractivity contribution in [3.63, 3.8) is 0 Å². The molecular formula is C18H20N2O. The monoisotopic (exact) mass is 280 g/mol. The first-order valence-corrected chi connectivity index (χ1v) is 7.28. The molecule has 0 bridgehead atoms. The molecule has 0 aromatic heterocycles. The van der Waals surface area contributed by atoms with E-state index >= 15 is 0 Å². The Morgan fingerprint density at radius 3 is 2.05 bits per heavy atom. The summed E-state index contributed by atoms with van der Waals surface area (Å²) in [7, 11) is 0. The zero-order valence-corrected chi connectivity index (χ0v) is 12.5. The maximum absolute atomic E-state index is 8.77. The van der Waals surface area contributed by atoms with Crippen LogP contribution < -0.4 is 10.1 Å². The van der Waals surface area contributed by atoms with Crippen molar-refractivity contribution in [1.82, 2.24) is 5.32 Å². The van der Waals surface area contributed by atoms with Crippen molar-refractivity contribution in [2.45, 2.75) is 26.3 Å². The van der Waals surface area contributed by atoms with Crippen molar-refractivity contribution < 1.29 is 4.74 Å². The number of nitriles is 1. The number of nitrogens with one attached hydrogen (secondary N) is 1. The SMILES string of the molecule is CCNC(CC)c1ccc(Oc2ccc(C#N)cc2)cc1. The van der Waals surface area contributed by atoms with Gasteiger partial charge in [-0.3, -0.25) is 0 Å². The maximum Gasteiger partial charge on any atom is 0.127 e. The summed E-state index contributed by atoms with van der Waals surface area (Å²) in [5.74, 6) is 1.54. The van der Waals surface area contributed by atoms with Crippen molar-refractivity contribution >= 4 is 0 Å². The van der Waals surface area contributed by atoms with Crippen LogP contribution in [-0.2, 0) is 0 Å². The molecule has 1 N–H and O–H groups in total. The molecular weight excluding hydrogens is 260 g/mol. The van der Waals surface area contributed by atoms with Gasteiger partial charge in [-0.05, 0) is 54.9 Å². The molecule has 2 rings (SSSR count). The van der Waals surface area contributed by atoms with Crippen LogP contribution in [0, 0.1) is 11.3 Å². The molecule has 0 saturated heterocycles. The number of rotatable bonds is 6. The fourth-order valence-electron chi connectivity index (χ4n) is 2.25. The molecule has 108 valence electrons. The molecule has 0 amide bonds. The Kier molecular flexibility index (Phi) is 5.36. The summed E-state index contributed by atoms with van der Waals surface area (Å²) < 4.78 is 5.78. The van der Waals surface area contributed by atoms with Crippen LogP contribution in [0.5, 0.6) is 11.5 Å². The summed E-state index contributed by atoms with van der Waals surface area (Å²) in [5, 5.41) is 12.2. The van der Waals surface area contributed by atoms with Crippen LogP contribution in [0.1, 0.15) is 37.4 Å². The van der Waals surface area contributed by atoms with Gasteiger partial charge in [0.2, 0.25) is 0 Å². The van der Waals surface area contributed by atoms with E-state index in [4.69, 9.17) is 10.00 Å². The Hall–Kier alpha value is -2.31. The maximum atomic E-state index is 8.77. The van der Waals surface area contributed by atoms with E-state index in [1.807, 2.05) is 12.1 Å². The van der Waals surface area contributed by atoms with E-state index in [0.717, 1.165) is 24.5 Å². The normalized spacial score (nSPS) is 11.7. The molecule has 0 heterocycles. The second kappa shape index (κ2) is 7.47. The highest BCUT2D eigenvalue weighted by atomic mass is 16.5. The molecule has 0 spiro atoms. The second-order valence-corrected chi connectivity index (χ2v) is 4.83. The first kappa shape index (κ1) is 15.1. The van der Waals surface area contributed by atoms with Gasteiger partial charge in [-0.2, -0.15) is 5.26 Å². The van der Waals surface area contributed by atoms with Crippen LogP contribution in [0.3, 0.4) is 0 Å². The minimum absolute atomic E-state index is 0.388. The highest BCUT2D eigenvalue weighted by molar-refractivity contribution is 5.38. The summed E-state index contributed by atoms with van der Waals surface area (Å²) >= 11 is 0. The average molecular weight is 280 g/mol. The number of nitrogens with zero attached hydrogens (tertiary/aromatic N) is 1. The lowest BCUT2D eigenvalue weighted by atomic mass is 10.0. The molecule has 0 fully saturated rings.